The molecule has 1 saturated heterocycles. The fourth-order valence-corrected chi connectivity index (χ4v) is 2.87. The van der Waals surface area contributed by atoms with E-state index in [-0.39, 0.29) is 18.6 Å². The van der Waals surface area contributed by atoms with Crippen molar-refractivity contribution in [3.05, 3.63) is 29.6 Å². The van der Waals surface area contributed by atoms with Gasteiger partial charge in [0.25, 0.3) is 5.91 Å². The number of pyridine rings is 1. The van der Waals surface area contributed by atoms with E-state index in [0.717, 1.165) is 5.56 Å². The van der Waals surface area contributed by atoms with Gasteiger partial charge in [-0.25, -0.2) is 0 Å². The summed E-state index contributed by atoms with van der Waals surface area (Å²) in [5.41, 5.74) is 0.974. The van der Waals surface area contributed by atoms with E-state index in [2.05, 4.69) is 10.3 Å². The summed E-state index contributed by atoms with van der Waals surface area (Å²) >= 11 is 0. The van der Waals surface area contributed by atoms with Crippen LogP contribution in [0.25, 0.3) is 0 Å². The number of amides is 1. The molecule has 1 amide bonds. The van der Waals surface area contributed by atoms with Gasteiger partial charge in [-0.1, -0.05) is 0 Å². The Morgan fingerprint density at radius 2 is 2.25 bits per heavy atom. The number of nitrogens with zero attached hydrogens (tertiary/aromatic N) is 2. The van der Waals surface area contributed by atoms with E-state index in [1.54, 1.807) is 12.3 Å². The van der Waals surface area contributed by atoms with Crippen molar-refractivity contribution in [3.8, 4) is 0 Å². The molecule has 2 heterocycles. The van der Waals surface area contributed by atoms with Gasteiger partial charge in [-0.15, -0.1) is 0 Å². The molecule has 0 aromatic carbocycles. The van der Waals surface area contributed by atoms with Crippen LogP contribution in [-0.4, -0.2) is 64.2 Å². The van der Waals surface area contributed by atoms with Crippen molar-refractivity contribution in [2.75, 3.05) is 19.7 Å². The fraction of sp³-hybridized carbons (Fsp3) is 0.588. The number of nitrogens with one attached hydrogen (secondary N) is 1. The molecule has 2 atom stereocenters. The molecule has 2 rings (SSSR count). The topological polar surface area (TPSA) is 91.8 Å². The number of aromatic nitrogens is 1. The van der Waals surface area contributed by atoms with Crippen LogP contribution in [-0.2, 0) is 9.53 Å². The molecule has 0 saturated carbocycles. The molecule has 24 heavy (non-hydrogen) atoms. The van der Waals surface area contributed by atoms with Gasteiger partial charge in [-0.2, -0.15) is 0 Å². The molecular weight excluding hydrogens is 310 g/mol. The average Bonchev–Trinajstić information content (AvgIpc) is 2.46. The van der Waals surface area contributed by atoms with E-state index in [9.17, 15) is 14.7 Å². The Labute approximate surface area is 142 Å². The lowest BCUT2D eigenvalue weighted by Crippen LogP contribution is -2.59. The molecule has 1 unspecified atom stereocenters. The Kier molecular flexibility index (Phi) is 5.56. The van der Waals surface area contributed by atoms with Gasteiger partial charge >= 0.3 is 5.97 Å². The number of carbonyl (C=O) groups excluding carboxylic acids is 1. The predicted molar refractivity (Wildman–Crippen MR) is 88.9 cm³/mol. The molecule has 0 aliphatic carbocycles. The minimum Gasteiger partial charge on any atom is -0.480 e. The molecular formula is C17H25N3O4. The van der Waals surface area contributed by atoms with Gasteiger partial charge in [0, 0.05) is 31.5 Å². The summed E-state index contributed by atoms with van der Waals surface area (Å²) in [6.45, 7) is 8.66. The minimum absolute atomic E-state index is 0.144. The molecule has 7 nitrogen and oxygen atoms in total. The van der Waals surface area contributed by atoms with Gasteiger partial charge in [0.15, 0.2) is 0 Å². The normalized spacial score (nSPS) is 21.9. The van der Waals surface area contributed by atoms with Gasteiger partial charge in [-0.3, -0.25) is 19.5 Å². The third kappa shape index (κ3) is 4.52. The first-order valence-corrected chi connectivity index (χ1v) is 8.02. The summed E-state index contributed by atoms with van der Waals surface area (Å²) < 4.78 is 5.60. The van der Waals surface area contributed by atoms with E-state index < -0.39 is 17.6 Å². The Bertz CT molecular complexity index is 618. The molecule has 0 spiro atoms. The van der Waals surface area contributed by atoms with E-state index in [1.165, 1.54) is 6.20 Å². The highest BCUT2D eigenvalue weighted by Crippen LogP contribution is 2.21. The van der Waals surface area contributed by atoms with Gasteiger partial charge in [0.05, 0.1) is 17.8 Å². The van der Waals surface area contributed by atoms with Crippen molar-refractivity contribution >= 4 is 11.9 Å². The quantitative estimate of drug-likeness (QED) is 0.836. The van der Waals surface area contributed by atoms with Gasteiger partial charge in [-0.05, 0) is 39.3 Å². The lowest BCUT2D eigenvalue weighted by molar-refractivity contribution is -0.162. The SMILES string of the molecule is Cc1ccncc1C(=O)N[C@@H](C)CN1CC(C)(C)OCC1C(=O)O. The van der Waals surface area contributed by atoms with Crippen LogP contribution >= 0.6 is 0 Å². The monoisotopic (exact) mass is 335 g/mol. The maximum Gasteiger partial charge on any atom is 0.323 e. The van der Waals surface area contributed by atoms with Crippen molar-refractivity contribution < 1.29 is 19.4 Å². The number of carboxylic acid groups (broad SMARTS) is 1. The van der Waals surface area contributed by atoms with Crippen molar-refractivity contribution in [3.63, 3.8) is 0 Å². The van der Waals surface area contributed by atoms with E-state index in [1.807, 2.05) is 32.6 Å². The number of ether oxygens (including phenoxy) is 1. The third-order valence-corrected chi connectivity index (χ3v) is 4.11. The van der Waals surface area contributed by atoms with E-state index in [4.69, 9.17) is 4.74 Å². The first kappa shape index (κ1) is 18.4. The number of carboxylic acids is 1. The molecule has 132 valence electrons. The summed E-state index contributed by atoms with van der Waals surface area (Å²) in [6.07, 6.45) is 3.18. The van der Waals surface area contributed by atoms with Crippen LogP contribution in [0.4, 0.5) is 0 Å². The lowest BCUT2D eigenvalue weighted by Gasteiger charge is -2.42. The number of hydrogen-bond donors (Lipinski definition) is 2. The molecule has 1 aliphatic rings. The second-order valence-electron chi connectivity index (χ2n) is 6.92. The Morgan fingerprint density at radius 1 is 1.54 bits per heavy atom. The van der Waals surface area contributed by atoms with Crippen LogP contribution in [0.1, 0.15) is 36.7 Å². The largest absolute Gasteiger partial charge is 0.480 e. The van der Waals surface area contributed by atoms with Crippen LogP contribution in [0.3, 0.4) is 0 Å². The van der Waals surface area contributed by atoms with Crippen LogP contribution in [0.15, 0.2) is 18.5 Å². The maximum atomic E-state index is 12.3. The van der Waals surface area contributed by atoms with Crippen molar-refractivity contribution in [1.82, 2.24) is 15.2 Å². The molecule has 1 fully saturated rings. The standard InChI is InChI=1S/C17H25N3O4/c1-11-5-6-18-7-13(11)15(21)19-12(2)8-20-10-17(3,4)24-9-14(20)16(22)23/h5-7,12,14H,8-10H2,1-4H3,(H,19,21)(H,22,23)/t12-,14?/m0/s1. The Balaban J connectivity index is 2.01. The summed E-state index contributed by atoms with van der Waals surface area (Å²) in [4.78, 5) is 29.6. The second-order valence-corrected chi connectivity index (χ2v) is 6.92. The highest BCUT2D eigenvalue weighted by molar-refractivity contribution is 5.95. The van der Waals surface area contributed by atoms with Crippen molar-refractivity contribution in [2.24, 2.45) is 0 Å². The molecule has 0 bridgehead atoms. The number of aliphatic carboxylic acids is 1. The molecule has 0 radical (unpaired) electrons. The van der Waals surface area contributed by atoms with Crippen LogP contribution in [0, 0.1) is 6.92 Å². The number of aryl methyl sites for hydroxylation is 1. The lowest BCUT2D eigenvalue weighted by atomic mass is 10.0. The molecule has 1 aliphatic heterocycles. The third-order valence-electron chi connectivity index (χ3n) is 4.11. The van der Waals surface area contributed by atoms with Crippen LogP contribution < -0.4 is 5.32 Å². The molecule has 1 aromatic rings. The first-order chi connectivity index (χ1) is 11.2. The minimum atomic E-state index is -0.910. The van der Waals surface area contributed by atoms with Crippen LogP contribution in [0.2, 0.25) is 0 Å². The smallest absolute Gasteiger partial charge is 0.323 e. The van der Waals surface area contributed by atoms with Gasteiger partial charge < -0.3 is 15.2 Å². The fourth-order valence-electron chi connectivity index (χ4n) is 2.87. The van der Waals surface area contributed by atoms with E-state index >= 15 is 0 Å². The second kappa shape index (κ2) is 7.27. The highest BCUT2D eigenvalue weighted by atomic mass is 16.5. The predicted octanol–water partition coefficient (Wildman–Crippen LogP) is 1.07. The van der Waals surface area contributed by atoms with E-state index in [0.29, 0.717) is 18.7 Å². The van der Waals surface area contributed by atoms with Crippen molar-refractivity contribution in [1.29, 1.82) is 0 Å². The number of hydrogen-bond acceptors (Lipinski definition) is 5. The Morgan fingerprint density at radius 3 is 2.88 bits per heavy atom. The summed E-state index contributed by atoms with van der Waals surface area (Å²) in [7, 11) is 0. The number of carbonyl (C=O) groups is 2. The summed E-state index contributed by atoms with van der Waals surface area (Å²) in [5, 5.41) is 12.3. The average molecular weight is 335 g/mol. The van der Waals surface area contributed by atoms with Crippen LogP contribution in [0.5, 0.6) is 0 Å². The maximum absolute atomic E-state index is 12.3. The van der Waals surface area contributed by atoms with Crippen molar-refractivity contribution in [2.45, 2.75) is 45.4 Å². The summed E-state index contributed by atoms with van der Waals surface area (Å²) in [6, 6.07) is 0.884. The van der Waals surface area contributed by atoms with Gasteiger partial charge in [0.2, 0.25) is 0 Å². The first-order valence-electron chi connectivity index (χ1n) is 8.02. The zero-order valence-electron chi connectivity index (χ0n) is 14.6. The zero-order valence-corrected chi connectivity index (χ0v) is 14.6. The zero-order chi connectivity index (χ0) is 17.9. The molecule has 7 heteroatoms. The summed E-state index contributed by atoms with van der Waals surface area (Å²) in [5.74, 6) is -1.11. The van der Waals surface area contributed by atoms with Gasteiger partial charge in [0.1, 0.15) is 6.04 Å². The molecule has 1 aromatic heterocycles. The number of morpholine rings is 1. The highest BCUT2D eigenvalue weighted by Gasteiger charge is 2.38. The molecule has 2 N–H and O–H groups in total. The Hall–Kier alpha value is -1.99. The number of rotatable bonds is 5.